The van der Waals surface area contributed by atoms with Gasteiger partial charge in [0.15, 0.2) is 17.0 Å². The molecule has 208 valence electrons. The number of amides is 1. The van der Waals surface area contributed by atoms with Crippen molar-refractivity contribution in [1.82, 2.24) is 24.4 Å². The summed E-state index contributed by atoms with van der Waals surface area (Å²) in [5.41, 5.74) is 7.77. The first-order valence-corrected chi connectivity index (χ1v) is 14.3. The minimum Gasteiger partial charge on any atom is -0.410 e. The van der Waals surface area contributed by atoms with E-state index in [0.29, 0.717) is 36.9 Å². The van der Waals surface area contributed by atoms with Crippen molar-refractivity contribution in [2.45, 2.75) is 88.4 Å². The van der Waals surface area contributed by atoms with Crippen molar-refractivity contribution >= 4 is 29.0 Å². The van der Waals surface area contributed by atoms with E-state index in [1.165, 1.54) is 37.1 Å². The number of likely N-dealkylation sites (tertiary alicyclic amines) is 1. The number of ether oxygens (including phenoxy) is 1. The van der Waals surface area contributed by atoms with Crippen LogP contribution >= 0.6 is 0 Å². The van der Waals surface area contributed by atoms with E-state index in [-0.39, 0.29) is 17.9 Å². The number of hydrogen-bond acceptors (Lipinski definition) is 8. The highest BCUT2D eigenvalue weighted by molar-refractivity contribution is 5.84. The molecule has 3 aliphatic rings. The van der Waals surface area contributed by atoms with Crippen LogP contribution in [0.2, 0.25) is 0 Å². The maximum Gasteiger partial charge on any atom is 0.415 e. The molecule has 0 spiro atoms. The molecule has 1 aliphatic heterocycles. The predicted molar refractivity (Wildman–Crippen MR) is 147 cm³/mol. The molecule has 3 heterocycles. The minimum absolute atomic E-state index is 0.134. The summed E-state index contributed by atoms with van der Waals surface area (Å²) < 4.78 is 20.8. The summed E-state index contributed by atoms with van der Waals surface area (Å²) in [6.07, 6.45) is 11.8. The van der Waals surface area contributed by atoms with Gasteiger partial charge in [0.05, 0.1) is 6.33 Å². The molecule has 2 saturated carbocycles. The van der Waals surface area contributed by atoms with Crippen LogP contribution in [0.15, 0.2) is 30.6 Å². The SMILES string of the molecule is N[C@H]1CC[C@H](Nc2nc(NC3CCN(C(=O)Oc4ccc(F)cc4)CC3)c3ncn(C4CCCC4)c3n2)CC1. The maximum atomic E-state index is 13.2. The topological polar surface area (TPSA) is 123 Å². The van der Waals surface area contributed by atoms with Gasteiger partial charge in [-0.25, -0.2) is 14.2 Å². The number of nitrogens with one attached hydrogen (secondary N) is 2. The van der Waals surface area contributed by atoms with Crippen molar-refractivity contribution in [2.24, 2.45) is 5.73 Å². The highest BCUT2D eigenvalue weighted by atomic mass is 19.1. The number of nitrogens with zero attached hydrogens (tertiary/aromatic N) is 5. The van der Waals surface area contributed by atoms with E-state index in [4.69, 9.17) is 25.4 Å². The molecule has 10 nitrogen and oxygen atoms in total. The van der Waals surface area contributed by atoms with Crippen molar-refractivity contribution in [1.29, 1.82) is 0 Å². The Hall–Kier alpha value is -3.47. The summed E-state index contributed by atoms with van der Waals surface area (Å²) in [6.45, 7) is 1.10. The molecule has 0 atom stereocenters. The smallest absolute Gasteiger partial charge is 0.410 e. The fraction of sp³-hybridized carbons (Fsp3) is 0.571. The first-order chi connectivity index (χ1) is 19.0. The third-order valence-electron chi connectivity index (χ3n) is 8.36. The number of rotatable bonds is 6. The van der Waals surface area contributed by atoms with E-state index in [9.17, 15) is 9.18 Å². The Morgan fingerprint density at radius 3 is 2.33 bits per heavy atom. The van der Waals surface area contributed by atoms with Crippen LogP contribution in [-0.4, -0.2) is 61.7 Å². The van der Waals surface area contributed by atoms with Gasteiger partial charge in [0.2, 0.25) is 5.95 Å². The molecule has 6 rings (SSSR count). The van der Waals surface area contributed by atoms with E-state index in [1.54, 1.807) is 4.90 Å². The Morgan fingerprint density at radius 1 is 0.923 bits per heavy atom. The van der Waals surface area contributed by atoms with Crippen molar-refractivity contribution in [3.8, 4) is 5.75 Å². The number of imidazole rings is 1. The number of carbonyl (C=O) groups is 1. The maximum absolute atomic E-state index is 13.2. The fourth-order valence-electron chi connectivity index (χ4n) is 6.05. The average molecular weight is 537 g/mol. The molecule has 4 N–H and O–H groups in total. The summed E-state index contributed by atoms with van der Waals surface area (Å²) in [4.78, 5) is 28.9. The van der Waals surface area contributed by atoms with Crippen LogP contribution in [0.5, 0.6) is 5.75 Å². The van der Waals surface area contributed by atoms with Gasteiger partial charge in [-0.05, 0) is 75.6 Å². The third-order valence-corrected chi connectivity index (χ3v) is 8.36. The van der Waals surface area contributed by atoms with Crippen LogP contribution < -0.4 is 21.1 Å². The van der Waals surface area contributed by atoms with Crippen LogP contribution in [0.4, 0.5) is 21.0 Å². The number of hydrogen-bond donors (Lipinski definition) is 3. The van der Waals surface area contributed by atoms with E-state index in [1.807, 2.05) is 6.33 Å². The van der Waals surface area contributed by atoms with Gasteiger partial charge in [0, 0.05) is 37.3 Å². The normalized spacial score (nSPS) is 22.8. The minimum atomic E-state index is -0.418. The lowest BCUT2D eigenvalue weighted by atomic mass is 9.92. The molecule has 3 aromatic rings. The number of fused-ring (bicyclic) bond motifs is 1. The molecule has 0 unspecified atom stereocenters. The Bertz CT molecular complexity index is 1280. The molecule has 0 radical (unpaired) electrons. The molecule has 39 heavy (non-hydrogen) atoms. The monoisotopic (exact) mass is 536 g/mol. The molecule has 3 fully saturated rings. The van der Waals surface area contributed by atoms with Crippen LogP contribution in [-0.2, 0) is 0 Å². The summed E-state index contributed by atoms with van der Waals surface area (Å²) in [5, 5.41) is 7.20. The van der Waals surface area contributed by atoms with Gasteiger partial charge < -0.3 is 30.6 Å². The highest BCUT2D eigenvalue weighted by Gasteiger charge is 2.27. The lowest BCUT2D eigenvalue weighted by molar-refractivity contribution is 0.140. The third kappa shape index (κ3) is 5.93. The second-order valence-corrected chi connectivity index (χ2v) is 11.1. The highest BCUT2D eigenvalue weighted by Crippen LogP contribution is 2.34. The molecule has 1 aromatic carbocycles. The van der Waals surface area contributed by atoms with Crippen LogP contribution in [0.1, 0.15) is 70.3 Å². The molecular formula is C28H37FN8O2. The average Bonchev–Trinajstić information content (AvgIpc) is 3.62. The van der Waals surface area contributed by atoms with Gasteiger partial charge in [-0.1, -0.05) is 12.8 Å². The number of nitrogens with two attached hydrogens (primary N) is 1. The van der Waals surface area contributed by atoms with Crippen LogP contribution in [0.25, 0.3) is 11.2 Å². The van der Waals surface area contributed by atoms with Gasteiger partial charge in [0.1, 0.15) is 11.6 Å². The standard InChI is InChI=1S/C28H37FN8O2/c29-18-5-11-23(12-6-18)39-28(38)36-15-13-21(14-16-36)32-25-24-26(37(17-31-24)22-3-1-2-4-22)35-27(34-25)33-20-9-7-19(30)8-10-20/h5-6,11-12,17,19-22H,1-4,7-10,13-16,30H2,(H2,32,33,34,35)/t19-,20-. The Morgan fingerprint density at radius 2 is 1.62 bits per heavy atom. The first kappa shape index (κ1) is 25.8. The number of anilines is 2. The molecule has 1 saturated heterocycles. The lowest BCUT2D eigenvalue weighted by Crippen LogP contribution is -2.43. The van der Waals surface area contributed by atoms with Gasteiger partial charge >= 0.3 is 6.09 Å². The number of aromatic nitrogens is 4. The van der Waals surface area contributed by atoms with E-state index in [2.05, 4.69) is 15.2 Å². The quantitative estimate of drug-likeness (QED) is 0.409. The lowest BCUT2D eigenvalue weighted by Gasteiger charge is -2.32. The van der Waals surface area contributed by atoms with Gasteiger partial charge in [-0.2, -0.15) is 9.97 Å². The van der Waals surface area contributed by atoms with Gasteiger partial charge in [-0.3, -0.25) is 0 Å². The largest absolute Gasteiger partial charge is 0.415 e. The van der Waals surface area contributed by atoms with E-state index in [0.717, 1.165) is 68.3 Å². The number of halogens is 1. The summed E-state index contributed by atoms with van der Waals surface area (Å²) in [7, 11) is 0. The Labute approximate surface area is 227 Å². The molecule has 2 aliphatic carbocycles. The second kappa shape index (κ2) is 11.3. The number of carbonyl (C=O) groups excluding carboxylic acids is 1. The van der Waals surface area contributed by atoms with Crippen molar-refractivity contribution in [3.63, 3.8) is 0 Å². The van der Waals surface area contributed by atoms with Crippen molar-refractivity contribution in [3.05, 3.63) is 36.4 Å². The predicted octanol–water partition coefficient (Wildman–Crippen LogP) is 4.84. The zero-order chi connectivity index (χ0) is 26.8. The van der Waals surface area contributed by atoms with Gasteiger partial charge in [0.25, 0.3) is 0 Å². The Kier molecular flexibility index (Phi) is 7.49. The second-order valence-electron chi connectivity index (χ2n) is 11.1. The summed E-state index contributed by atoms with van der Waals surface area (Å²) in [5.74, 6) is 1.34. The van der Waals surface area contributed by atoms with Crippen molar-refractivity contribution in [2.75, 3.05) is 23.7 Å². The number of benzene rings is 1. The molecular weight excluding hydrogens is 499 g/mol. The van der Waals surface area contributed by atoms with Crippen molar-refractivity contribution < 1.29 is 13.9 Å². The first-order valence-electron chi connectivity index (χ1n) is 14.3. The summed E-state index contributed by atoms with van der Waals surface area (Å²) in [6, 6.07) is 6.63. The van der Waals surface area contributed by atoms with E-state index >= 15 is 0 Å². The zero-order valence-corrected chi connectivity index (χ0v) is 22.2. The van der Waals surface area contributed by atoms with Gasteiger partial charge in [-0.15, -0.1) is 0 Å². The molecule has 1 amide bonds. The van der Waals surface area contributed by atoms with Crippen LogP contribution in [0, 0.1) is 5.82 Å². The Balaban J connectivity index is 1.15. The van der Waals surface area contributed by atoms with E-state index < -0.39 is 6.09 Å². The molecule has 11 heteroatoms. The fourth-order valence-corrected chi connectivity index (χ4v) is 6.05. The summed E-state index contributed by atoms with van der Waals surface area (Å²) >= 11 is 0. The number of piperidine rings is 1. The zero-order valence-electron chi connectivity index (χ0n) is 22.2. The molecule has 2 aromatic heterocycles. The van der Waals surface area contributed by atoms with Crippen LogP contribution in [0.3, 0.4) is 0 Å². The molecule has 0 bridgehead atoms.